The van der Waals surface area contributed by atoms with Crippen LogP contribution in [-0.4, -0.2) is 31.8 Å². The standard InChI is InChI=1S/C30H26BrN3O5S/c1-17-26(28(35)33-20-8-6-5-7-9-20)27(18-10-12-21(37-2)13-11-18)34-29(36)25(40-30(34)32-17)15-19-14-22(31)24(39-4)16-23(19)38-3/h5-16,27H,1-4H3,(H,33,35)/b25-15+/t27-/m1/s1. The minimum Gasteiger partial charge on any atom is -0.497 e. The fourth-order valence-corrected chi connectivity index (χ4v) is 6.13. The van der Waals surface area contributed by atoms with E-state index in [2.05, 4.69) is 21.2 Å². The van der Waals surface area contributed by atoms with Gasteiger partial charge in [0.05, 0.1) is 47.6 Å². The number of thiazole rings is 1. The number of ether oxygens (including phenoxy) is 3. The molecule has 204 valence electrons. The number of allylic oxidation sites excluding steroid dienone is 1. The molecule has 4 aromatic rings. The van der Waals surface area contributed by atoms with E-state index in [1.807, 2.05) is 60.7 Å². The van der Waals surface area contributed by atoms with Gasteiger partial charge in [0.1, 0.15) is 17.2 Å². The minimum absolute atomic E-state index is 0.268. The molecular formula is C30H26BrN3O5S. The summed E-state index contributed by atoms with van der Waals surface area (Å²) in [7, 11) is 4.73. The predicted octanol–water partition coefficient (Wildman–Crippen LogP) is 4.66. The lowest BCUT2D eigenvalue weighted by Gasteiger charge is -2.25. The van der Waals surface area contributed by atoms with Gasteiger partial charge in [-0.3, -0.25) is 14.2 Å². The summed E-state index contributed by atoms with van der Waals surface area (Å²) < 4.78 is 19.0. The number of rotatable bonds is 7. The monoisotopic (exact) mass is 619 g/mol. The van der Waals surface area contributed by atoms with Gasteiger partial charge in [0.2, 0.25) is 0 Å². The van der Waals surface area contributed by atoms with Crippen molar-refractivity contribution < 1.29 is 19.0 Å². The van der Waals surface area contributed by atoms with Gasteiger partial charge in [-0.05, 0) is 64.8 Å². The third-order valence-electron chi connectivity index (χ3n) is 6.52. The molecule has 5 rings (SSSR count). The van der Waals surface area contributed by atoms with Crippen LogP contribution in [0.1, 0.15) is 24.1 Å². The Kier molecular flexibility index (Phi) is 7.90. The van der Waals surface area contributed by atoms with E-state index in [1.165, 1.54) is 11.3 Å². The Morgan fingerprint density at radius 1 is 1.00 bits per heavy atom. The highest BCUT2D eigenvalue weighted by Gasteiger charge is 2.32. The molecule has 1 aromatic heterocycles. The molecule has 0 bridgehead atoms. The molecule has 0 unspecified atom stereocenters. The maximum absolute atomic E-state index is 14.0. The van der Waals surface area contributed by atoms with Crippen LogP contribution in [0.25, 0.3) is 6.08 Å². The number of para-hydroxylation sites is 1. The quantitative estimate of drug-likeness (QED) is 0.325. The summed E-state index contributed by atoms with van der Waals surface area (Å²) >= 11 is 4.76. The molecule has 8 nitrogen and oxygen atoms in total. The molecule has 0 spiro atoms. The van der Waals surface area contributed by atoms with Crippen LogP contribution in [0.15, 0.2) is 92.3 Å². The summed E-state index contributed by atoms with van der Waals surface area (Å²) in [6.45, 7) is 1.79. The first-order chi connectivity index (χ1) is 19.3. The van der Waals surface area contributed by atoms with E-state index in [-0.39, 0.29) is 11.5 Å². The topological polar surface area (TPSA) is 91.2 Å². The van der Waals surface area contributed by atoms with Gasteiger partial charge in [-0.1, -0.05) is 41.7 Å². The maximum atomic E-state index is 14.0. The molecule has 1 atom stereocenters. The molecule has 0 saturated carbocycles. The number of nitrogens with one attached hydrogen (secondary N) is 1. The molecule has 40 heavy (non-hydrogen) atoms. The molecule has 2 heterocycles. The number of hydrogen-bond donors (Lipinski definition) is 1. The molecular weight excluding hydrogens is 594 g/mol. The van der Waals surface area contributed by atoms with Crippen LogP contribution in [0.2, 0.25) is 0 Å². The highest BCUT2D eigenvalue weighted by Crippen LogP contribution is 2.34. The molecule has 1 N–H and O–H groups in total. The number of methoxy groups -OCH3 is 3. The lowest BCUT2D eigenvalue weighted by Crippen LogP contribution is -2.40. The van der Waals surface area contributed by atoms with Crippen molar-refractivity contribution in [1.29, 1.82) is 0 Å². The zero-order valence-electron chi connectivity index (χ0n) is 22.2. The molecule has 0 radical (unpaired) electrons. The van der Waals surface area contributed by atoms with E-state index < -0.39 is 6.04 Å². The zero-order valence-corrected chi connectivity index (χ0v) is 24.6. The Bertz CT molecular complexity index is 1790. The number of benzene rings is 3. The van der Waals surface area contributed by atoms with Crippen LogP contribution in [0.5, 0.6) is 17.2 Å². The van der Waals surface area contributed by atoms with Crippen LogP contribution >= 0.6 is 27.3 Å². The summed E-state index contributed by atoms with van der Waals surface area (Å²) in [5.41, 5.74) is 2.75. The Morgan fingerprint density at radius 3 is 2.35 bits per heavy atom. The first-order valence-corrected chi connectivity index (χ1v) is 13.9. The summed E-state index contributed by atoms with van der Waals surface area (Å²) in [5.74, 6) is 1.50. The second kappa shape index (κ2) is 11.5. The third kappa shape index (κ3) is 5.20. The number of anilines is 1. The van der Waals surface area contributed by atoms with Crippen molar-refractivity contribution in [2.45, 2.75) is 13.0 Å². The molecule has 0 saturated heterocycles. The van der Waals surface area contributed by atoms with E-state index in [0.29, 0.717) is 49.1 Å². The number of carbonyl (C=O) groups excluding carboxylic acids is 1. The van der Waals surface area contributed by atoms with Crippen molar-refractivity contribution in [3.05, 3.63) is 113 Å². The van der Waals surface area contributed by atoms with Crippen molar-refractivity contribution in [2.24, 2.45) is 4.99 Å². The number of aromatic nitrogens is 1. The highest BCUT2D eigenvalue weighted by atomic mass is 79.9. The Balaban J connectivity index is 1.69. The van der Waals surface area contributed by atoms with Crippen LogP contribution in [0.4, 0.5) is 5.69 Å². The molecule has 0 fully saturated rings. The summed E-state index contributed by atoms with van der Waals surface area (Å²) in [6.07, 6.45) is 1.76. The van der Waals surface area contributed by atoms with Gasteiger partial charge in [-0.25, -0.2) is 4.99 Å². The minimum atomic E-state index is -0.697. The number of carbonyl (C=O) groups is 1. The van der Waals surface area contributed by atoms with Gasteiger partial charge in [0, 0.05) is 17.3 Å². The molecule has 10 heteroatoms. The van der Waals surface area contributed by atoms with E-state index in [0.717, 1.165) is 10.0 Å². The second-order valence-electron chi connectivity index (χ2n) is 8.90. The fraction of sp³-hybridized carbons (Fsp3) is 0.167. The van der Waals surface area contributed by atoms with E-state index >= 15 is 0 Å². The first kappa shape index (κ1) is 27.4. The summed E-state index contributed by atoms with van der Waals surface area (Å²) in [5, 5.41) is 2.96. The number of fused-ring (bicyclic) bond motifs is 1. The average molecular weight is 621 g/mol. The lowest BCUT2D eigenvalue weighted by molar-refractivity contribution is -0.113. The highest BCUT2D eigenvalue weighted by molar-refractivity contribution is 9.10. The Morgan fingerprint density at radius 2 is 1.70 bits per heavy atom. The zero-order chi connectivity index (χ0) is 28.4. The van der Waals surface area contributed by atoms with Crippen LogP contribution in [0.3, 0.4) is 0 Å². The Labute approximate surface area is 243 Å². The smallest absolute Gasteiger partial charge is 0.271 e. The number of hydrogen-bond acceptors (Lipinski definition) is 7. The molecule has 3 aromatic carbocycles. The van der Waals surface area contributed by atoms with Crippen molar-refractivity contribution in [1.82, 2.24) is 4.57 Å². The van der Waals surface area contributed by atoms with Crippen LogP contribution in [-0.2, 0) is 4.79 Å². The average Bonchev–Trinajstić information content (AvgIpc) is 3.26. The number of amides is 1. The van der Waals surface area contributed by atoms with Gasteiger partial charge in [-0.15, -0.1) is 0 Å². The van der Waals surface area contributed by atoms with E-state index in [9.17, 15) is 9.59 Å². The van der Waals surface area contributed by atoms with Gasteiger partial charge >= 0.3 is 0 Å². The van der Waals surface area contributed by atoms with Crippen molar-refractivity contribution in [3.8, 4) is 17.2 Å². The summed E-state index contributed by atoms with van der Waals surface area (Å²) in [4.78, 5) is 32.9. The SMILES string of the molecule is COc1ccc([C@@H]2C(C(=O)Nc3ccccc3)=C(C)N=c3s/c(=C/c4cc(Br)c(OC)cc4OC)c(=O)n32)cc1. The van der Waals surface area contributed by atoms with E-state index in [1.54, 1.807) is 45.0 Å². The third-order valence-corrected chi connectivity index (χ3v) is 8.12. The van der Waals surface area contributed by atoms with E-state index in [4.69, 9.17) is 19.2 Å². The van der Waals surface area contributed by atoms with Crippen molar-refractivity contribution >= 4 is 44.9 Å². The number of nitrogens with zero attached hydrogens (tertiary/aromatic N) is 2. The molecule has 1 amide bonds. The molecule has 1 aliphatic heterocycles. The number of halogens is 1. The maximum Gasteiger partial charge on any atom is 0.271 e. The lowest BCUT2D eigenvalue weighted by atomic mass is 9.95. The van der Waals surface area contributed by atoms with Crippen LogP contribution < -0.4 is 34.4 Å². The van der Waals surface area contributed by atoms with Crippen LogP contribution in [0, 0.1) is 0 Å². The normalized spacial score (nSPS) is 14.8. The van der Waals surface area contributed by atoms with Gasteiger partial charge < -0.3 is 19.5 Å². The van der Waals surface area contributed by atoms with Gasteiger partial charge in [0.15, 0.2) is 4.80 Å². The fourth-order valence-electron chi connectivity index (χ4n) is 4.57. The predicted molar refractivity (Wildman–Crippen MR) is 159 cm³/mol. The Hall–Kier alpha value is -4.15. The van der Waals surface area contributed by atoms with Crippen molar-refractivity contribution in [3.63, 3.8) is 0 Å². The van der Waals surface area contributed by atoms with Gasteiger partial charge in [-0.2, -0.15) is 0 Å². The molecule has 1 aliphatic rings. The largest absolute Gasteiger partial charge is 0.497 e. The summed E-state index contributed by atoms with van der Waals surface area (Å²) in [6, 6.07) is 19.4. The second-order valence-corrected chi connectivity index (χ2v) is 10.8. The first-order valence-electron chi connectivity index (χ1n) is 12.3. The van der Waals surface area contributed by atoms with Gasteiger partial charge in [0.25, 0.3) is 11.5 Å². The molecule has 0 aliphatic carbocycles. The van der Waals surface area contributed by atoms with Crippen molar-refractivity contribution in [2.75, 3.05) is 26.6 Å².